The molecule has 1 amide bonds. The van der Waals surface area contributed by atoms with Crippen LogP contribution in [0.5, 0.6) is 11.5 Å². The normalized spacial score (nSPS) is 18.4. The maximum Gasteiger partial charge on any atom is 0.305 e. The number of nitrogens with zero attached hydrogens (tertiary/aromatic N) is 1. The summed E-state index contributed by atoms with van der Waals surface area (Å²) in [5.41, 5.74) is 0.696. The molecular formula is C26H22F3NO4. The summed E-state index contributed by atoms with van der Waals surface area (Å²) in [7, 11) is 0. The van der Waals surface area contributed by atoms with E-state index in [0.29, 0.717) is 37.2 Å². The van der Waals surface area contributed by atoms with E-state index in [1.807, 2.05) is 6.92 Å². The van der Waals surface area contributed by atoms with Gasteiger partial charge in [0.1, 0.15) is 17.5 Å². The van der Waals surface area contributed by atoms with Crippen molar-refractivity contribution >= 4 is 5.91 Å². The molecule has 2 aliphatic heterocycles. The Kier molecular flexibility index (Phi) is 5.69. The minimum atomic E-state index is -1.61. The average Bonchev–Trinajstić information content (AvgIpc) is 3.44. The molecule has 0 radical (unpaired) electrons. The first kappa shape index (κ1) is 22.3. The van der Waals surface area contributed by atoms with Crippen molar-refractivity contribution in [2.45, 2.75) is 25.2 Å². The highest BCUT2D eigenvalue weighted by molar-refractivity contribution is 5.95. The molecular weight excluding hydrogens is 447 g/mol. The fraction of sp³-hybridized carbons (Fsp3) is 0.269. The second kappa shape index (κ2) is 8.68. The highest BCUT2D eigenvalue weighted by Crippen LogP contribution is 2.48. The Hall–Kier alpha value is -3.52. The molecule has 1 fully saturated rings. The molecule has 34 heavy (non-hydrogen) atoms. The molecule has 2 heterocycles. The summed E-state index contributed by atoms with van der Waals surface area (Å²) in [6, 6.07) is 13.3. The van der Waals surface area contributed by atoms with Crippen molar-refractivity contribution in [2.24, 2.45) is 0 Å². The number of amides is 1. The largest absolute Gasteiger partial charge is 0.440 e. The van der Waals surface area contributed by atoms with E-state index in [1.165, 1.54) is 54.6 Å². The van der Waals surface area contributed by atoms with Gasteiger partial charge in [0.05, 0.1) is 11.7 Å². The number of carbonyl (C=O) groups is 1. The number of hydrogen-bond acceptors (Lipinski definition) is 4. The Morgan fingerprint density at radius 2 is 1.53 bits per heavy atom. The molecule has 0 bridgehead atoms. The lowest BCUT2D eigenvalue weighted by molar-refractivity contribution is -0.0460. The van der Waals surface area contributed by atoms with Gasteiger partial charge in [-0.3, -0.25) is 4.79 Å². The van der Waals surface area contributed by atoms with Gasteiger partial charge in [0.2, 0.25) is 0 Å². The van der Waals surface area contributed by atoms with Crippen molar-refractivity contribution in [1.29, 1.82) is 0 Å². The fourth-order valence-corrected chi connectivity index (χ4v) is 4.38. The average molecular weight is 469 g/mol. The Bertz CT molecular complexity index is 1170. The van der Waals surface area contributed by atoms with Crippen LogP contribution in [-0.4, -0.2) is 36.6 Å². The summed E-state index contributed by atoms with van der Waals surface area (Å²) in [6.07, 6.45) is 0.611. The molecule has 5 nitrogen and oxygen atoms in total. The van der Waals surface area contributed by atoms with Crippen molar-refractivity contribution in [3.63, 3.8) is 0 Å². The number of halogens is 3. The van der Waals surface area contributed by atoms with Crippen molar-refractivity contribution in [1.82, 2.24) is 4.90 Å². The zero-order valence-electron chi connectivity index (χ0n) is 18.4. The van der Waals surface area contributed by atoms with Crippen LogP contribution in [0.4, 0.5) is 13.2 Å². The molecule has 0 spiro atoms. The lowest BCUT2D eigenvalue weighted by atomic mass is 9.97. The molecule has 8 heteroatoms. The molecule has 3 aromatic carbocycles. The van der Waals surface area contributed by atoms with Crippen LogP contribution in [0.2, 0.25) is 0 Å². The van der Waals surface area contributed by atoms with Crippen LogP contribution < -0.4 is 9.47 Å². The van der Waals surface area contributed by atoms with Crippen LogP contribution in [0, 0.1) is 17.5 Å². The van der Waals surface area contributed by atoms with E-state index in [1.54, 1.807) is 4.90 Å². The van der Waals surface area contributed by atoms with Gasteiger partial charge in [0.25, 0.3) is 5.91 Å². The molecule has 0 saturated carbocycles. The monoisotopic (exact) mass is 469 g/mol. The predicted molar refractivity (Wildman–Crippen MR) is 117 cm³/mol. The zero-order valence-corrected chi connectivity index (χ0v) is 18.4. The molecule has 5 rings (SSSR count). The van der Waals surface area contributed by atoms with Crippen LogP contribution in [0.1, 0.15) is 34.8 Å². The first-order chi connectivity index (χ1) is 16.4. The molecule has 2 aliphatic rings. The summed E-state index contributed by atoms with van der Waals surface area (Å²) < 4.78 is 60.1. The van der Waals surface area contributed by atoms with Crippen LogP contribution in [0.15, 0.2) is 60.7 Å². The molecule has 0 unspecified atom stereocenters. The van der Waals surface area contributed by atoms with E-state index in [2.05, 4.69) is 0 Å². The van der Waals surface area contributed by atoms with Crippen molar-refractivity contribution < 1.29 is 32.2 Å². The summed E-state index contributed by atoms with van der Waals surface area (Å²) >= 11 is 0. The van der Waals surface area contributed by atoms with Gasteiger partial charge < -0.3 is 19.1 Å². The van der Waals surface area contributed by atoms with Crippen LogP contribution in [0.25, 0.3) is 0 Å². The van der Waals surface area contributed by atoms with Crippen LogP contribution in [-0.2, 0) is 10.5 Å². The Morgan fingerprint density at radius 3 is 2.09 bits per heavy atom. The van der Waals surface area contributed by atoms with Crippen molar-refractivity contribution in [3.8, 4) is 11.5 Å². The van der Waals surface area contributed by atoms with E-state index in [4.69, 9.17) is 14.2 Å². The zero-order chi connectivity index (χ0) is 23.9. The lowest BCUT2D eigenvalue weighted by Crippen LogP contribution is -2.36. The SMILES string of the molecule is CCO[C@H]1CCN(C(=O)c2cc3c(cc2F)OC(c2ccc(F)cc2)(c2ccc(F)cc2)O3)C1. The third kappa shape index (κ3) is 3.88. The second-order valence-electron chi connectivity index (χ2n) is 8.23. The Balaban J connectivity index is 1.51. The quantitative estimate of drug-likeness (QED) is 0.526. The third-order valence-corrected chi connectivity index (χ3v) is 6.05. The molecule has 176 valence electrons. The predicted octanol–water partition coefficient (Wildman–Crippen LogP) is 5.03. The molecule has 0 aliphatic carbocycles. The second-order valence-corrected chi connectivity index (χ2v) is 8.23. The molecule has 1 atom stereocenters. The summed E-state index contributed by atoms with van der Waals surface area (Å²) in [5.74, 6) is -3.50. The Labute approximate surface area is 194 Å². The van der Waals surface area contributed by atoms with Gasteiger partial charge in [-0.2, -0.15) is 0 Å². The van der Waals surface area contributed by atoms with Crippen LogP contribution >= 0.6 is 0 Å². The van der Waals surface area contributed by atoms with E-state index < -0.39 is 29.1 Å². The number of hydrogen-bond donors (Lipinski definition) is 0. The van der Waals surface area contributed by atoms with Crippen molar-refractivity contribution in [2.75, 3.05) is 19.7 Å². The van der Waals surface area contributed by atoms with E-state index in [0.717, 1.165) is 6.07 Å². The Morgan fingerprint density at radius 1 is 0.971 bits per heavy atom. The molecule has 0 N–H and O–H groups in total. The van der Waals surface area contributed by atoms with E-state index >= 15 is 4.39 Å². The first-order valence-electron chi connectivity index (χ1n) is 11.0. The maximum atomic E-state index is 15.0. The maximum absolute atomic E-state index is 15.0. The summed E-state index contributed by atoms with van der Waals surface area (Å²) in [6.45, 7) is 3.28. The number of fused-ring (bicyclic) bond motifs is 1. The van der Waals surface area contributed by atoms with Gasteiger partial charge in [-0.1, -0.05) is 0 Å². The van der Waals surface area contributed by atoms with Gasteiger partial charge in [-0.25, -0.2) is 13.2 Å². The smallest absolute Gasteiger partial charge is 0.305 e. The van der Waals surface area contributed by atoms with E-state index in [9.17, 15) is 13.6 Å². The number of likely N-dealkylation sites (tertiary alicyclic amines) is 1. The minimum absolute atomic E-state index is 0.0735. The molecule has 1 saturated heterocycles. The van der Waals surface area contributed by atoms with Gasteiger partial charge in [0, 0.05) is 36.9 Å². The fourth-order valence-electron chi connectivity index (χ4n) is 4.38. The van der Waals surface area contributed by atoms with Gasteiger partial charge in [-0.05, 0) is 67.9 Å². The molecule has 3 aromatic rings. The number of carbonyl (C=O) groups excluding carboxylic acids is 1. The topological polar surface area (TPSA) is 48.0 Å². The highest BCUT2D eigenvalue weighted by atomic mass is 19.1. The number of benzene rings is 3. The number of ether oxygens (including phenoxy) is 3. The summed E-state index contributed by atoms with van der Waals surface area (Å²) in [4.78, 5) is 14.6. The standard InChI is InChI=1S/C26H22F3NO4/c1-2-32-20-11-12-30(15-20)25(31)21-13-23-24(14-22(21)29)34-26(33-23,16-3-7-18(27)8-4-16)17-5-9-19(28)10-6-17/h3-10,13-14,20H,2,11-12,15H2,1H3/t20-/m0/s1. The molecule has 0 aromatic heterocycles. The van der Waals surface area contributed by atoms with Crippen LogP contribution in [0.3, 0.4) is 0 Å². The van der Waals surface area contributed by atoms with Gasteiger partial charge in [0.15, 0.2) is 11.5 Å². The van der Waals surface area contributed by atoms with Crippen molar-refractivity contribution in [3.05, 3.63) is 94.8 Å². The summed E-state index contributed by atoms with van der Waals surface area (Å²) in [5, 5.41) is 0. The minimum Gasteiger partial charge on any atom is -0.440 e. The lowest BCUT2D eigenvalue weighted by Gasteiger charge is -2.28. The third-order valence-electron chi connectivity index (χ3n) is 6.05. The highest BCUT2D eigenvalue weighted by Gasteiger charge is 2.46. The number of rotatable bonds is 5. The first-order valence-corrected chi connectivity index (χ1v) is 11.0. The van der Waals surface area contributed by atoms with Gasteiger partial charge >= 0.3 is 5.79 Å². The van der Waals surface area contributed by atoms with Gasteiger partial charge in [-0.15, -0.1) is 0 Å². The van der Waals surface area contributed by atoms with E-state index in [-0.39, 0.29) is 23.2 Å².